The monoisotopic (exact) mass is 566 g/mol. The van der Waals surface area contributed by atoms with Crippen molar-refractivity contribution < 1.29 is 22.0 Å². The Morgan fingerprint density at radius 2 is 1.69 bits per heavy atom. The van der Waals surface area contributed by atoms with E-state index in [1.165, 1.54) is 6.20 Å². The zero-order valence-electron chi connectivity index (χ0n) is 22.0. The van der Waals surface area contributed by atoms with E-state index in [1.807, 2.05) is 34.6 Å². The van der Waals surface area contributed by atoms with Crippen molar-refractivity contribution in [1.82, 2.24) is 39.4 Å². The highest BCUT2D eigenvalue weighted by atomic mass is 32.2. The van der Waals surface area contributed by atoms with Crippen LogP contribution in [-0.4, -0.2) is 54.0 Å². The van der Waals surface area contributed by atoms with Gasteiger partial charge >= 0.3 is 11.7 Å². The number of halogens is 2. The molecule has 3 heterocycles. The number of carbonyl (C=O) groups excluding carboxylic acids is 1. The fraction of sp³-hybridized carbons (Fsp3) is 0.364. The SMILES string of the molecule is CC(C)c1nn(C(=O)NC(C)(C)C)c(=O)n1N.Cc1ccn2nc(S(=O)(=O)Nc3c(F)cccc3F)nc2n1. The summed E-state index contributed by atoms with van der Waals surface area (Å²) in [5, 5.41) is 9.67. The number of aryl methyl sites for hydroxylation is 1. The van der Waals surface area contributed by atoms with Gasteiger partial charge in [-0.05, 0) is 45.9 Å². The zero-order chi connectivity index (χ0) is 29.3. The maximum Gasteiger partial charge on any atom is 0.373 e. The van der Waals surface area contributed by atoms with E-state index < -0.39 is 49.8 Å². The normalized spacial score (nSPS) is 11.8. The fourth-order valence-electron chi connectivity index (χ4n) is 3.03. The van der Waals surface area contributed by atoms with Crippen molar-refractivity contribution in [2.45, 2.75) is 58.2 Å². The Hall–Kier alpha value is -4.41. The number of benzene rings is 1. The number of rotatable bonds is 4. The molecule has 1 amide bonds. The molecule has 0 radical (unpaired) electrons. The van der Waals surface area contributed by atoms with Crippen LogP contribution in [0.25, 0.3) is 5.78 Å². The number of hydrogen-bond acceptors (Lipinski definition) is 9. The number of anilines is 1. The summed E-state index contributed by atoms with van der Waals surface area (Å²) in [6, 6.07) is 4.03. The first kappa shape index (κ1) is 29.2. The molecule has 0 saturated carbocycles. The second-order valence-corrected chi connectivity index (χ2v) is 11.2. The Morgan fingerprint density at radius 3 is 2.23 bits per heavy atom. The summed E-state index contributed by atoms with van der Waals surface area (Å²) in [7, 11) is -4.35. The van der Waals surface area contributed by atoms with Gasteiger partial charge in [-0.15, -0.1) is 14.9 Å². The van der Waals surface area contributed by atoms with E-state index in [0.29, 0.717) is 11.5 Å². The lowest BCUT2D eigenvalue weighted by Gasteiger charge is -2.19. The standard InChI is InChI=1S/C12H9F2N5O2S.C10H19N5O2/c1-7-5-6-19-11(15-7)16-12(17-19)22(20,21)18-10-8(13)3-2-4-9(10)14;1-6(2)7-13-15(9(17)14(7)11)8(16)12-10(3,4)5/h2-6,18H,1H3;6H,11H2,1-5H3,(H,12,16). The van der Waals surface area contributed by atoms with Crippen LogP contribution in [0.1, 0.15) is 52.1 Å². The predicted molar refractivity (Wildman–Crippen MR) is 137 cm³/mol. The lowest BCUT2D eigenvalue weighted by atomic mass is 10.1. The van der Waals surface area contributed by atoms with Crippen molar-refractivity contribution in [3.63, 3.8) is 0 Å². The van der Waals surface area contributed by atoms with Gasteiger partial charge in [-0.3, -0.25) is 4.72 Å². The number of aromatic nitrogens is 7. The molecule has 0 saturated heterocycles. The van der Waals surface area contributed by atoms with Gasteiger partial charge in [0, 0.05) is 23.3 Å². The molecule has 0 bridgehead atoms. The molecule has 17 heteroatoms. The Labute approximate surface area is 221 Å². The van der Waals surface area contributed by atoms with E-state index in [1.54, 1.807) is 17.7 Å². The molecule has 0 unspecified atom stereocenters. The highest BCUT2D eigenvalue weighted by Crippen LogP contribution is 2.21. The molecule has 0 aliphatic rings. The molecule has 0 fully saturated rings. The Balaban J connectivity index is 0.000000224. The number of nitrogens with zero attached hydrogens (tertiary/aromatic N) is 7. The van der Waals surface area contributed by atoms with E-state index in [2.05, 4.69) is 25.5 Å². The number of nitrogens with two attached hydrogens (primary N) is 1. The number of nitrogens with one attached hydrogen (secondary N) is 2. The number of sulfonamides is 1. The van der Waals surface area contributed by atoms with Gasteiger partial charge in [0.1, 0.15) is 17.3 Å². The summed E-state index contributed by atoms with van der Waals surface area (Å²) >= 11 is 0. The summed E-state index contributed by atoms with van der Waals surface area (Å²) < 4.78 is 56.0. The van der Waals surface area contributed by atoms with Gasteiger partial charge in [0.15, 0.2) is 5.82 Å². The smallest absolute Gasteiger partial charge is 0.333 e. The van der Waals surface area contributed by atoms with E-state index >= 15 is 0 Å². The third-order valence-electron chi connectivity index (χ3n) is 4.79. The van der Waals surface area contributed by atoms with Crippen LogP contribution in [0, 0.1) is 18.6 Å². The number of para-hydroxylation sites is 1. The molecule has 4 rings (SSSR count). The molecule has 0 spiro atoms. The second kappa shape index (κ2) is 10.8. The maximum absolute atomic E-state index is 13.5. The molecule has 0 aliphatic carbocycles. The minimum atomic E-state index is -4.35. The van der Waals surface area contributed by atoms with Gasteiger partial charge in [0.05, 0.1) is 0 Å². The largest absolute Gasteiger partial charge is 0.373 e. The molecule has 4 aromatic rings. The van der Waals surface area contributed by atoms with Crippen LogP contribution in [-0.2, 0) is 10.0 Å². The van der Waals surface area contributed by atoms with Crippen molar-refractivity contribution in [2.75, 3.05) is 10.6 Å². The quantitative estimate of drug-likeness (QED) is 0.310. The molecule has 3 aromatic heterocycles. The first-order valence-corrected chi connectivity index (χ1v) is 12.9. The summed E-state index contributed by atoms with van der Waals surface area (Å²) in [6.45, 7) is 10.8. The van der Waals surface area contributed by atoms with E-state index in [9.17, 15) is 26.8 Å². The fourth-order valence-corrected chi connectivity index (χ4v) is 3.98. The van der Waals surface area contributed by atoms with Crippen molar-refractivity contribution in [1.29, 1.82) is 0 Å². The molecule has 14 nitrogen and oxygen atoms in total. The second-order valence-electron chi connectivity index (χ2n) is 9.67. The number of nitrogen functional groups attached to an aromatic ring is 1. The van der Waals surface area contributed by atoms with E-state index in [0.717, 1.165) is 32.1 Å². The molecular weight excluding hydrogens is 538 g/mol. The molecule has 0 atom stereocenters. The summed E-state index contributed by atoms with van der Waals surface area (Å²) in [6.07, 6.45) is 1.48. The summed E-state index contributed by atoms with van der Waals surface area (Å²) in [5.41, 5.74) is -1.25. The number of carbonyl (C=O) groups is 1. The lowest BCUT2D eigenvalue weighted by Crippen LogP contribution is -2.47. The maximum atomic E-state index is 13.5. The third-order valence-corrected chi connectivity index (χ3v) is 5.92. The van der Waals surface area contributed by atoms with Crippen LogP contribution in [0.2, 0.25) is 0 Å². The van der Waals surface area contributed by atoms with Gasteiger partial charge in [0.2, 0.25) is 0 Å². The number of amides is 1. The lowest BCUT2D eigenvalue weighted by molar-refractivity contribution is 0.229. The van der Waals surface area contributed by atoms with Gasteiger partial charge < -0.3 is 11.2 Å². The van der Waals surface area contributed by atoms with Crippen molar-refractivity contribution in [2.24, 2.45) is 0 Å². The number of fused-ring (bicyclic) bond motifs is 1. The molecule has 210 valence electrons. The predicted octanol–water partition coefficient (Wildman–Crippen LogP) is 1.75. The number of hydrogen-bond donors (Lipinski definition) is 3. The van der Waals surface area contributed by atoms with Crippen molar-refractivity contribution in [3.05, 3.63) is 64.1 Å². The Kier molecular flexibility index (Phi) is 8.04. The highest BCUT2D eigenvalue weighted by Gasteiger charge is 2.24. The first-order valence-electron chi connectivity index (χ1n) is 11.5. The Morgan fingerprint density at radius 1 is 1.08 bits per heavy atom. The average Bonchev–Trinajstić information content (AvgIpc) is 3.37. The zero-order valence-corrected chi connectivity index (χ0v) is 22.8. The van der Waals surface area contributed by atoms with Crippen LogP contribution in [0.4, 0.5) is 19.3 Å². The Bertz CT molecular complexity index is 1670. The first-order chi connectivity index (χ1) is 18.0. The van der Waals surface area contributed by atoms with Gasteiger partial charge in [-0.25, -0.2) is 27.9 Å². The highest BCUT2D eigenvalue weighted by molar-refractivity contribution is 7.92. The minimum absolute atomic E-state index is 0.0311. The summed E-state index contributed by atoms with van der Waals surface area (Å²) in [5.74, 6) is 3.87. The van der Waals surface area contributed by atoms with E-state index in [4.69, 9.17) is 5.84 Å². The molecule has 4 N–H and O–H groups in total. The average molecular weight is 567 g/mol. The topological polar surface area (TPSA) is 184 Å². The van der Waals surface area contributed by atoms with Crippen molar-refractivity contribution >= 4 is 27.5 Å². The van der Waals surface area contributed by atoms with Gasteiger partial charge in [-0.1, -0.05) is 19.9 Å². The van der Waals surface area contributed by atoms with Crippen molar-refractivity contribution in [3.8, 4) is 0 Å². The van der Waals surface area contributed by atoms with Crippen LogP contribution in [0.3, 0.4) is 0 Å². The van der Waals surface area contributed by atoms with Crippen LogP contribution in [0.5, 0.6) is 0 Å². The molecule has 39 heavy (non-hydrogen) atoms. The van der Waals surface area contributed by atoms with Crippen LogP contribution >= 0.6 is 0 Å². The molecule has 1 aromatic carbocycles. The van der Waals surface area contributed by atoms with Crippen LogP contribution in [0.15, 0.2) is 40.4 Å². The van der Waals surface area contributed by atoms with E-state index in [-0.39, 0.29) is 11.7 Å². The molecule has 0 aliphatic heterocycles. The summed E-state index contributed by atoms with van der Waals surface area (Å²) in [4.78, 5) is 31.2. The van der Waals surface area contributed by atoms with Crippen LogP contribution < -0.4 is 21.6 Å². The minimum Gasteiger partial charge on any atom is -0.333 e. The third kappa shape index (κ3) is 6.73. The molecular formula is C22H28F2N10O4S. The van der Waals surface area contributed by atoms with Gasteiger partial charge in [0.25, 0.3) is 21.0 Å². The van der Waals surface area contributed by atoms with Gasteiger partial charge in [-0.2, -0.15) is 18.1 Å².